The van der Waals surface area contributed by atoms with Gasteiger partial charge in [-0.3, -0.25) is 9.59 Å². The molecule has 0 aliphatic rings. The highest BCUT2D eigenvalue weighted by atomic mass is 16.5. The molecule has 0 aliphatic carbocycles. The number of carboxylic acid groups (broad SMARTS) is 1. The van der Waals surface area contributed by atoms with Gasteiger partial charge >= 0.3 is 5.97 Å². The molecule has 2 aromatic carbocycles. The van der Waals surface area contributed by atoms with E-state index < -0.39 is 5.97 Å². The standard InChI is InChI=1S/C25H29N5O3/c1-16-6-10-18(11-7-16)25(33)26-19-12-8-17(9-13-19)14-21-27-23(29(2)3)20(15-22(31)32)24(28-21)30(4)5/h6-13H,14-15H2,1-5H3,(H,26,33)(H,31,32)/i2+1,3+1,4+1,5+1,14+1,15+1,22+1,25+1. The van der Waals surface area contributed by atoms with Crippen LogP contribution in [0.3, 0.4) is 0 Å². The van der Waals surface area contributed by atoms with Crippen molar-refractivity contribution in [1.82, 2.24) is 9.97 Å². The molecule has 0 aliphatic heterocycles. The van der Waals surface area contributed by atoms with E-state index in [0.29, 0.717) is 40.7 Å². The highest BCUT2D eigenvalue weighted by Crippen LogP contribution is 2.27. The Morgan fingerprint density at radius 1 is 0.879 bits per heavy atom. The second-order valence-corrected chi connectivity index (χ2v) is 8.32. The van der Waals surface area contributed by atoms with E-state index >= 15 is 0 Å². The van der Waals surface area contributed by atoms with Crippen LogP contribution in [0.5, 0.6) is 0 Å². The molecule has 1 aromatic heterocycles. The fourth-order valence-corrected chi connectivity index (χ4v) is 3.43. The fourth-order valence-electron chi connectivity index (χ4n) is 3.43. The van der Waals surface area contributed by atoms with Gasteiger partial charge in [0, 0.05) is 51.4 Å². The Morgan fingerprint density at radius 2 is 1.42 bits per heavy atom. The average molecular weight is 455 g/mol. The van der Waals surface area contributed by atoms with Crippen molar-refractivity contribution in [2.24, 2.45) is 0 Å². The van der Waals surface area contributed by atoms with Gasteiger partial charge in [-0.2, -0.15) is 0 Å². The predicted octanol–water partition coefficient (Wildman–Crippen LogP) is 3.39. The minimum Gasteiger partial charge on any atom is -0.481 e. The number of anilines is 3. The van der Waals surface area contributed by atoms with E-state index in [-0.39, 0.29) is 12.3 Å². The van der Waals surface area contributed by atoms with Gasteiger partial charge < -0.3 is 20.2 Å². The van der Waals surface area contributed by atoms with Gasteiger partial charge in [0.2, 0.25) is 0 Å². The van der Waals surface area contributed by atoms with Crippen molar-refractivity contribution in [1.29, 1.82) is 0 Å². The van der Waals surface area contributed by atoms with Gasteiger partial charge in [0.1, 0.15) is 17.5 Å². The first kappa shape index (κ1) is 23.7. The summed E-state index contributed by atoms with van der Waals surface area (Å²) in [4.78, 5) is 36.7. The summed E-state index contributed by atoms with van der Waals surface area (Å²) in [5.41, 5.74) is 3.96. The Labute approximate surface area is 193 Å². The molecule has 0 unspecified atom stereocenters. The summed E-state index contributed by atoms with van der Waals surface area (Å²) in [6.07, 6.45) is 0.317. The van der Waals surface area contributed by atoms with E-state index in [4.69, 9.17) is 0 Å². The Hall–Kier alpha value is -3.94. The largest absolute Gasteiger partial charge is 0.481 e. The number of carboxylic acids is 1. The summed E-state index contributed by atoms with van der Waals surface area (Å²) in [7, 11) is 7.34. The second kappa shape index (κ2) is 10.1. The molecule has 8 heteroatoms. The third-order valence-corrected chi connectivity index (χ3v) is 5.07. The summed E-state index contributed by atoms with van der Waals surface area (Å²) >= 11 is 0. The number of hydrogen-bond acceptors (Lipinski definition) is 6. The zero-order valence-corrected chi connectivity index (χ0v) is 19.6. The molecule has 1 amide bonds. The number of nitrogens with one attached hydrogen (secondary N) is 1. The van der Waals surface area contributed by atoms with Crippen molar-refractivity contribution in [3.63, 3.8) is 0 Å². The van der Waals surface area contributed by atoms with Crippen molar-refractivity contribution in [3.05, 3.63) is 76.6 Å². The van der Waals surface area contributed by atoms with Crippen LogP contribution in [0.25, 0.3) is 0 Å². The van der Waals surface area contributed by atoms with Gasteiger partial charge in [-0.05, 0) is 36.8 Å². The summed E-state index contributed by atoms with van der Waals surface area (Å²) in [6, 6.07) is 14.9. The smallest absolute Gasteiger partial charge is 0.308 e. The quantitative estimate of drug-likeness (QED) is 0.503. The van der Waals surface area contributed by atoms with Gasteiger partial charge in [0.15, 0.2) is 0 Å². The van der Waals surface area contributed by atoms with Crippen molar-refractivity contribution in [3.8, 4) is 0 Å². The summed E-state index contributed by atoms with van der Waals surface area (Å²) in [6.45, 7) is 1.98. The maximum atomic E-state index is 12.4. The molecule has 172 valence electrons. The second-order valence-electron chi connectivity index (χ2n) is 8.32. The lowest BCUT2D eigenvalue weighted by atomic mass is 10.2. The maximum Gasteiger partial charge on any atom is 0.308 e. The fraction of sp³-hybridized carbons (Fsp3) is 0.280. The number of carbonyl (C=O) groups excluding carboxylic acids is 1. The van der Waals surface area contributed by atoms with Crippen LogP contribution in [0.1, 0.15) is 32.9 Å². The Morgan fingerprint density at radius 3 is 1.91 bits per heavy atom. The monoisotopic (exact) mass is 455 g/mol. The predicted molar refractivity (Wildman–Crippen MR) is 130 cm³/mol. The lowest BCUT2D eigenvalue weighted by Crippen LogP contribution is -2.22. The van der Waals surface area contributed by atoms with Crippen LogP contribution in [0.15, 0.2) is 48.5 Å². The van der Waals surface area contributed by atoms with Crippen LogP contribution in [0, 0.1) is 6.92 Å². The Balaban J connectivity index is 1.80. The molecule has 0 fully saturated rings. The number of rotatable bonds is 8. The highest BCUT2D eigenvalue weighted by Gasteiger charge is 2.20. The van der Waals surface area contributed by atoms with Crippen molar-refractivity contribution in [2.45, 2.75) is 19.8 Å². The topological polar surface area (TPSA) is 98.7 Å². The van der Waals surface area contributed by atoms with E-state index in [1.165, 1.54) is 0 Å². The van der Waals surface area contributed by atoms with E-state index in [1.807, 2.05) is 71.5 Å². The third kappa shape index (κ3) is 6.06. The van der Waals surface area contributed by atoms with Gasteiger partial charge in [0.25, 0.3) is 5.91 Å². The van der Waals surface area contributed by atoms with Crippen molar-refractivity contribution in [2.75, 3.05) is 43.3 Å². The SMILES string of the molecule is Cc1ccc([13C](=O)Nc2ccc([13CH2]c3nc(N([13CH3])[13CH3])c([13CH2][13C](=O)O)c(N([13CH3])[13CH3])n3)cc2)cc1. The Kier molecular flexibility index (Phi) is 7.27. The molecule has 8 nitrogen and oxygen atoms in total. The van der Waals surface area contributed by atoms with Gasteiger partial charge in [-0.25, -0.2) is 9.97 Å². The lowest BCUT2D eigenvalue weighted by molar-refractivity contribution is -0.136. The lowest BCUT2D eigenvalue weighted by Gasteiger charge is -2.22. The number of aryl methyl sites for hydroxylation is 1. The number of amides is 1. The minimum atomic E-state index is -0.930. The number of nitrogens with zero attached hydrogens (tertiary/aromatic N) is 4. The van der Waals surface area contributed by atoms with E-state index in [0.717, 1.165) is 11.1 Å². The molecule has 0 saturated heterocycles. The zero-order valence-electron chi connectivity index (χ0n) is 19.6. The van der Waals surface area contributed by atoms with E-state index in [9.17, 15) is 14.7 Å². The highest BCUT2D eigenvalue weighted by molar-refractivity contribution is 6.04. The summed E-state index contributed by atoms with van der Waals surface area (Å²) in [5.74, 6) is 0.682. The van der Waals surface area contributed by atoms with Gasteiger partial charge in [-0.1, -0.05) is 29.8 Å². The summed E-state index contributed by atoms with van der Waals surface area (Å²) in [5, 5.41) is 12.2. The van der Waals surface area contributed by atoms with Crippen LogP contribution < -0.4 is 15.1 Å². The normalized spacial score (nSPS) is 10.6. The maximum absolute atomic E-state index is 12.4. The van der Waals surface area contributed by atoms with E-state index in [1.54, 1.807) is 21.9 Å². The molecule has 3 rings (SSSR count). The van der Waals surface area contributed by atoms with Gasteiger partial charge in [-0.15, -0.1) is 0 Å². The molecular weight excluding hydrogens is 426 g/mol. The number of carbonyl (C=O) groups is 2. The Bertz CT molecular complexity index is 1110. The van der Waals surface area contributed by atoms with E-state index in [2.05, 4.69) is 15.3 Å². The number of aliphatic carboxylic acids is 1. The first-order chi connectivity index (χ1) is 15.6. The molecule has 1 heterocycles. The first-order valence-electron chi connectivity index (χ1n) is 10.6. The molecule has 0 atom stereocenters. The zero-order chi connectivity index (χ0) is 24.1. The molecule has 0 radical (unpaired) electrons. The van der Waals surface area contributed by atoms with Crippen LogP contribution in [0.4, 0.5) is 17.3 Å². The number of aromatic nitrogens is 2. The molecule has 3 aromatic rings. The minimum absolute atomic E-state index is 0.156. The molecule has 2 N–H and O–H groups in total. The van der Waals surface area contributed by atoms with Gasteiger partial charge in [0.05, 0.1) is 6.42 Å². The average Bonchev–Trinajstić information content (AvgIpc) is 2.75. The number of hydrogen-bond donors (Lipinski definition) is 2. The molecule has 0 spiro atoms. The summed E-state index contributed by atoms with van der Waals surface area (Å²) < 4.78 is 0. The van der Waals surface area contributed by atoms with Crippen LogP contribution in [-0.4, -0.2) is 55.1 Å². The molecule has 0 saturated carbocycles. The van der Waals surface area contributed by atoms with Crippen LogP contribution in [-0.2, 0) is 17.6 Å². The first-order valence-corrected chi connectivity index (χ1v) is 10.6. The molecule has 33 heavy (non-hydrogen) atoms. The third-order valence-electron chi connectivity index (χ3n) is 5.07. The van der Waals surface area contributed by atoms with Crippen molar-refractivity contribution >= 4 is 29.2 Å². The number of benzene rings is 2. The van der Waals surface area contributed by atoms with Crippen molar-refractivity contribution < 1.29 is 14.7 Å². The van der Waals surface area contributed by atoms with Crippen LogP contribution in [0.2, 0.25) is 0 Å². The van der Waals surface area contributed by atoms with Crippen LogP contribution >= 0.6 is 0 Å². The molecule has 0 bridgehead atoms. The molecular formula is C25H29N5O3.